The lowest BCUT2D eigenvalue weighted by atomic mass is 10.1. The number of nitrogens with zero attached hydrogens (tertiary/aromatic N) is 1. The van der Waals surface area contributed by atoms with Crippen molar-refractivity contribution in [3.8, 4) is 0 Å². The first kappa shape index (κ1) is 14.0. The summed E-state index contributed by atoms with van der Waals surface area (Å²) >= 11 is 0. The Hall–Kier alpha value is -0.0800. The number of hydrogen-bond donors (Lipinski definition) is 1. The molecule has 0 aromatic rings. The molecule has 0 amide bonds. The SMILES string of the molecule is CCCN(CCCC(CC)NCC)C1CC1. The summed E-state index contributed by atoms with van der Waals surface area (Å²) in [6, 6.07) is 1.69. The van der Waals surface area contributed by atoms with Gasteiger partial charge in [0.25, 0.3) is 0 Å². The monoisotopic (exact) mass is 226 g/mol. The number of rotatable bonds is 10. The van der Waals surface area contributed by atoms with Crippen LogP contribution < -0.4 is 5.32 Å². The van der Waals surface area contributed by atoms with Gasteiger partial charge in [-0.25, -0.2) is 0 Å². The lowest BCUT2D eigenvalue weighted by Crippen LogP contribution is -2.31. The maximum atomic E-state index is 3.56. The third-order valence-electron chi connectivity index (χ3n) is 3.56. The van der Waals surface area contributed by atoms with Crippen LogP contribution in [-0.4, -0.2) is 36.6 Å². The molecule has 1 N–H and O–H groups in total. The first-order valence-electron chi connectivity index (χ1n) is 7.29. The first-order valence-corrected chi connectivity index (χ1v) is 7.29. The predicted octanol–water partition coefficient (Wildman–Crippen LogP) is 3.03. The van der Waals surface area contributed by atoms with Crippen molar-refractivity contribution in [2.24, 2.45) is 0 Å². The Kier molecular flexibility index (Phi) is 7.06. The van der Waals surface area contributed by atoms with E-state index in [0.717, 1.165) is 18.6 Å². The summed E-state index contributed by atoms with van der Waals surface area (Å²) in [6.45, 7) is 10.5. The van der Waals surface area contributed by atoms with Crippen LogP contribution in [0, 0.1) is 0 Å². The van der Waals surface area contributed by atoms with Gasteiger partial charge in [0.2, 0.25) is 0 Å². The Morgan fingerprint density at radius 1 is 1.19 bits per heavy atom. The Morgan fingerprint density at radius 2 is 1.94 bits per heavy atom. The van der Waals surface area contributed by atoms with Crippen molar-refractivity contribution in [2.45, 2.75) is 71.4 Å². The average molecular weight is 226 g/mol. The topological polar surface area (TPSA) is 15.3 Å². The highest BCUT2D eigenvalue weighted by molar-refractivity contribution is 4.84. The molecule has 16 heavy (non-hydrogen) atoms. The molecule has 1 rings (SSSR count). The summed E-state index contributed by atoms with van der Waals surface area (Å²) in [5.74, 6) is 0. The minimum Gasteiger partial charge on any atom is -0.314 e. The molecule has 2 nitrogen and oxygen atoms in total. The highest BCUT2D eigenvalue weighted by atomic mass is 15.2. The van der Waals surface area contributed by atoms with E-state index in [2.05, 4.69) is 31.0 Å². The van der Waals surface area contributed by atoms with Gasteiger partial charge in [0.1, 0.15) is 0 Å². The van der Waals surface area contributed by atoms with E-state index in [1.807, 2.05) is 0 Å². The van der Waals surface area contributed by atoms with E-state index in [9.17, 15) is 0 Å². The zero-order valence-electron chi connectivity index (χ0n) is 11.5. The Morgan fingerprint density at radius 3 is 2.44 bits per heavy atom. The molecule has 1 saturated carbocycles. The van der Waals surface area contributed by atoms with Crippen LogP contribution in [0.2, 0.25) is 0 Å². The average Bonchev–Trinajstić information content (AvgIpc) is 3.10. The van der Waals surface area contributed by atoms with Gasteiger partial charge in [-0.2, -0.15) is 0 Å². The minimum absolute atomic E-state index is 0.743. The molecule has 0 spiro atoms. The largest absolute Gasteiger partial charge is 0.314 e. The van der Waals surface area contributed by atoms with E-state index in [1.54, 1.807) is 0 Å². The summed E-state index contributed by atoms with van der Waals surface area (Å²) < 4.78 is 0. The third kappa shape index (κ3) is 5.31. The molecule has 0 aromatic carbocycles. The van der Waals surface area contributed by atoms with E-state index in [-0.39, 0.29) is 0 Å². The van der Waals surface area contributed by atoms with Crippen LogP contribution in [0.15, 0.2) is 0 Å². The van der Waals surface area contributed by atoms with Gasteiger partial charge in [0.15, 0.2) is 0 Å². The van der Waals surface area contributed by atoms with Crippen LogP contribution in [0.3, 0.4) is 0 Å². The van der Waals surface area contributed by atoms with Crippen molar-refractivity contribution in [1.29, 1.82) is 0 Å². The molecule has 0 aliphatic heterocycles. The van der Waals surface area contributed by atoms with Gasteiger partial charge in [0, 0.05) is 12.1 Å². The lowest BCUT2D eigenvalue weighted by molar-refractivity contribution is 0.252. The summed E-state index contributed by atoms with van der Waals surface area (Å²) in [5.41, 5.74) is 0. The van der Waals surface area contributed by atoms with Crippen LogP contribution in [0.5, 0.6) is 0 Å². The molecule has 0 radical (unpaired) electrons. The van der Waals surface area contributed by atoms with Gasteiger partial charge < -0.3 is 10.2 Å². The molecule has 1 fully saturated rings. The van der Waals surface area contributed by atoms with Gasteiger partial charge in [-0.1, -0.05) is 20.8 Å². The van der Waals surface area contributed by atoms with Crippen LogP contribution in [0.1, 0.15) is 59.3 Å². The van der Waals surface area contributed by atoms with Gasteiger partial charge in [0.05, 0.1) is 0 Å². The zero-order valence-corrected chi connectivity index (χ0v) is 11.5. The standard InChI is InChI=1S/C14H30N2/c1-4-11-16(14-9-10-14)12-7-8-13(5-2)15-6-3/h13-15H,4-12H2,1-3H3. The summed E-state index contributed by atoms with van der Waals surface area (Å²) in [5, 5.41) is 3.56. The minimum atomic E-state index is 0.743. The van der Waals surface area contributed by atoms with Crippen LogP contribution in [0.4, 0.5) is 0 Å². The quantitative estimate of drug-likeness (QED) is 0.616. The van der Waals surface area contributed by atoms with Gasteiger partial charge in [-0.3, -0.25) is 0 Å². The zero-order chi connectivity index (χ0) is 11.8. The highest BCUT2D eigenvalue weighted by Crippen LogP contribution is 2.27. The molecule has 96 valence electrons. The van der Waals surface area contributed by atoms with Crippen molar-refractivity contribution in [3.05, 3.63) is 0 Å². The fraction of sp³-hybridized carbons (Fsp3) is 1.00. The second-order valence-corrected chi connectivity index (χ2v) is 5.07. The van der Waals surface area contributed by atoms with E-state index in [4.69, 9.17) is 0 Å². The molecule has 0 saturated heterocycles. The Balaban J connectivity index is 2.11. The van der Waals surface area contributed by atoms with Crippen LogP contribution >= 0.6 is 0 Å². The maximum Gasteiger partial charge on any atom is 0.00964 e. The fourth-order valence-electron chi connectivity index (χ4n) is 2.48. The van der Waals surface area contributed by atoms with Gasteiger partial charge in [-0.15, -0.1) is 0 Å². The van der Waals surface area contributed by atoms with Crippen molar-refractivity contribution in [2.75, 3.05) is 19.6 Å². The Bertz CT molecular complexity index is 166. The van der Waals surface area contributed by atoms with E-state index in [1.165, 1.54) is 51.6 Å². The smallest absolute Gasteiger partial charge is 0.00964 e. The summed E-state index contributed by atoms with van der Waals surface area (Å²) in [6.07, 6.45) is 8.18. The lowest BCUT2D eigenvalue weighted by Gasteiger charge is -2.23. The second-order valence-electron chi connectivity index (χ2n) is 5.07. The molecule has 1 aliphatic carbocycles. The Labute approximate surface area is 102 Å². The van der Waals surface area contributed by atoms with Crippen LogP contribution in [0.25, 0.3) is 0 Å². The van der Waals surface area contributed by atoms with Crippen molar-refractivity contribution >= 4 is 0 Å². The molecule has 0 aromatic heterocycles. The summed E-state index contributed by atoms with van der Waals surface area (Å²) in [4.78, 5) is 2.71. The van der Waals surface area contributed by atoms with Crippen molar-refractivity contribution < 1.29 is 0 Å². The molecule has 1 aliphatic rings. The highest BCUT2D eigenvalue weighted by Gasteiger charge is 2.27. The summed E-state index contributed by atoms with van der Waals surface area (Å²) in [7, 11) is 0. The molecule has 1 atom stereocenters. The molecular formula is C14H30N2. The van der Waals surface area contributed by atoms with E-state index >= 15 is 0 Å². The molecule has 1 unspecified atom stereocenters. The molecular weight excluding hydrogens is 196 g/mol. The normalized spacial score (nSPS) is 18.0. The molecule has 0 bridgehead atoms. The molecule has 0 heterocycles. The van der Waals surface area contributed by atoms with Crippen molar-refractivity contribution in [3.63, 3.8) is 0 Å². The number of hydrogen-bond acceptors (Lipinski definition) is 2. The van der Waals surface area contributed by atoms with Crippen LogP contribution in [-0.2, 0) is 0 Å². The van der Waals surface area contributed by atoms with Gasteiger partial charge >= 0.3 is 0 Å². The van der Waals surface area contributed by atoms with Crippen molar-refractivity contribution in [1.82, 2.24) is 10.2 Å². The fourth-order valence-corrected chi connectivity index (χ4v) is 2.48. The predicted molar refractivity (Wildman–Crippen MR) is 71.9 cm³/mol. The van der Waals surface area contributed by atoms with E-state index in [0.29, 0.717) is 0 Å². The number of nitrogens with one attached hydrogen (secondary N) is 1. The van der Waals surface area contributed by atoms with E-state index < -0.39 is 0 Å². The van der Waals surface area contributed by atoms with Gasteiger partial charge in [-0.05, 0) is 58.2 Å². The molecule has 2 heteroatoms. The first-order chi connectivity index (χ1) is 7.81. The maximum absolute atomic E-state index is 3.56. The second kappa shape index (κ2) is 8.08. The third-order valence-corrected chi connectivity index (χ3v) is 3.56.